The quantitative estimate of drug-likeness (QED) is 0.817. The number of hydrogen-bond acceptors (Lipinski definition) is 6. The average Bonchev–Trinajstić information content (AvgIpc) is 2.86. The lowest BCUT2D eigenvalue weighted by Crippen LogP contribution is -2.32. The summed E-state index contributed by atoms with van der Waals surface area (Å²) in [6, 6.07) is 18.7. The van der Waals surface area contributed by atoms with E-state index in [1.165, 1.54) is 0 Å². The first kappa shape index (κ1) is 17.5. The topological polar surface area (TPSA) is 59.1 Å². The maximum Gasteiger partial charge on any atom is 0.448 e. The third kappa shape index (κ3) is 3.39. The molecule has 0 spiro atoms. The van der Waals surface area contributed by atoms with Gasteiger partial charge in [-0.15, -0.1) is 0 Å². The standard InChI is InChI=1S/C18H20N2O4S/c1-19-16(14-10-6-4-7-11-14)18(24-25(21,22)23-3)17(20(19)2)15-12-8-5-9-13-15/h4-13,16H,1-3H3. The number of likely N-dealkylation sites (N-methyl/N-ethyl adjacent to an activating group) is 1. The van der Waals surface area contributed by atoms with Crippen LogP contribution < -0.4 is 0 Å². The molecular formula is C18H20N2O4S. The Labute approximate surface area is 148 Å². The van der Waals surface area contributed by atoms with E-state index in [1.807, 2.05) is 84.8 Å². The van der Waals surface area contributed by atoms with Gasteiger partial charge in [-0.3, -0.25) is 0 Å². The summed E-state index contributed by atoms with van der Waals surface area (Å²) < 4.78 is 33.9. The lowest BCUT2D eigenvalue weighted by Gasteiger charge is -2.28. The van der Waals surface area contributed by atoms with Crippen molar-refractivity contribution >= 4 is 16.1 Å². The van der Waals surface area contributed by atoms with Crippen LogP contribution in [0.25, 0.3) is 5.70 Å². The molecule has 6 nitrogen and oxygen atoms in total. The Bertz CT molecular complexity index is 866. The molecule has 1 aliphatic rings. The highest BCUT2D eigenvalue weighted by atomic mass is 32.3. The van der Waals surface area contributed by atoms with E-state index in [2.05, 4.69) is 4.18 Å². The highest BCUT2D eigenvalue weighted by molar-refractivity contribution is 7.82. The predicted octanol–water partition coefficient (Wildman–Crippen LogP) is 2.80. The first-order chi connectivity index (χ1) is 11.9. The summed E-state index contributed by atoms with van der Waals surface area (Å²) in [4.78, 5) is 0. The molecule has 0 N–H and O–H groups in total. The zero-order valence-electron chi connectivity index (χ0n) is 14.3. The molecule has 1 atom stereocenters. The molecular weight excluding hydrogens is 340 g/mol. The molecule has 25 heavy (non-hydrogen) atoms. The molecule has 0 saturated heterocycles. The predicted molar refractivity (Wildman–Crippen MR) is 95.1 cm³/mol. The van der Waals surface area contributed by atoms with Gasteiger partial charge in [-0.2, -0.15) is 8.42 Å². The van der Waals surface area contributed by atoms with Crippen molar-refractivity contribution in [3.05, 3.63) is 77.5 Å². The minimum absolute atomic E-state index is 0.309. The van der Waals surface area contributed by atoms with E-state index in [4.69, 9.17) is 4.18 Å². The van der Waals surface area contributed by atoms with Gasteiger partial charge in [-0.25, -0.2) is 9.19 Å². The average molecular weight is 360 g/mol. The molecule has 0 amide bonds. The molecule has 0 radical (unpaired) electrons. The molecule has 2 aromatic carbocycles. The molecule has 0 aromatic heterocycles. The van der Waals surface area contributed by atoms with Gasteiger partial charge < -0.3 is 9.19 Å². The fraction of sp³-hybridized carbons (Fsp3) is 0.222. The first-order valence-corrected chi connectivity index (χ1v) is 9.09. The summed E-state index contributed by atoms with van der Waals surface area (Å²) in [5.74, 6) is 0.309. The van der Waals surface area contributed by atoms with Crippen LogP contribution in [0.1, 0.15) is 17.2 Å². The summed E-state index contributed by atoms with van der Waals surface area (Å²) in [6.45, 7) is 0. The summed E-state index contributed by atoms with van der Waals surface area (Å²) in [7, 11) is 0.693. The van der Waals surface area contributed by atoms with Gasteiger partial charge >= 0.3 is 10.4 Å². The van der Waals surface area contributed by atoms with E-state index in [-0.39, 0.29) is 6.04 Å². The number of rotatable bonds is 5. The van der Waals surface area contributed by atoms with Gasteiger partial charge in [-0.05, 0) is 5.56 Å². The van der Waals surface area contributed by atoms with Gasteiger partial charge in [-0.1, -0.05) is 60.7 Å². The Balaban J connectivity index is 2.19. The number of benzene rings is 2. The minimum atomic E-state index is -4.14. The number of hydrazine groups is 1. The molecule has 0 aliphatic carbocycles. The molecule has 0 saturated carbocycles. The van der Waals surface area contributed by atoms with Crippen molar-refractivity contribution in [1.29, 1.82) is 0 Å². The number of hydrogen-bond donors (Lipinski definition) is 0. The van der Waals surface area contributed by atoms with E-state index in [1.54, 1.807) is 0 Å². The SMILES string of the molecule is COS(=O)(=O)OC1=C(c2ccccc2)N(C)N(C)C1c1ccccc1. The third-order valence-corrected chi connectivity index (χ3v) is 5.00. The molecule has 1 unspecified atom stereocenters. The van der Waals surface area contributed by atoms with Gasteiger partial charge in [0.2, 0.25) is 0 Å². The molecule has 132 valence electrons. The second-order valence-electron chi connectivity index (χ2n) is 5.65. The summed E-state index contributed by atoms with van der Waals surface area (Å²) in [5.41, 5.74) is 2.46. The van der Waals surface area contributed by atoms with Crippen LogP contribution in [0.3, 0.4) is 0 Å². The monoisotopic (exact) mass is 360 g/mol. The normalized spacial score (nSPS) is 18.7. The van der Waals surface area contributed by atoms with Crippen LogP contribution in [-0.2, 0) is 18.8 Å². The van der Waals surface area contributed by atoms with Crippen molar-refractivity contribution in [2.45, 2.75) is 6.04 Å². The fourth-order valence-corrected chi connectivity index (χ4v) is 3.40. The van der Waals surface area contributed by atoms with Crippen molar-refractivity contribution < 1.29 is 16.8 Å². The molecule has 1 heterocycles. The van der Waals surface area contributed by atoms with Crippen molar-refractivity contribution in [2.24, 2.45) is 0 Å². The molecule has 3 rings (SSSR count). The zero-order chi connectivity index (χ0) is 18.0. The van der Waals surface area contributed by atoms with Crippen LogP contribution in [-0.4, -0.2) is 39.6 Å². The number of nitrogens with zero attached hydrogens (tertiary/aromatic N) is 2. The lowest BCUT2D eigenvalue weighted by molar-refractivity contribution is 0.0719. The van der Waals surface area contributed by atoms with Gasteiger partial charge in [0.25, 0.3) is 0 Å². The Morgan fingerprint density at radius 2 is 1.48 bits per heavy atom. The van der Waals surface area contributed by atoms with E-state index in [9.17, 15) is 8.42 Å². The lowest BCUT2D eigenvalue weighted by atomic mass is 10.0. The summed E-state index contributed by atoms with van der Waals surface area (Å²) in [6.07, 6.45) is 0. The first-order valence-electron chi connectivity index (χ1n) is 7.75. The molecule has 0 bridgehead atoms. The second-order valence-corrected chi connectivity index (χ2v) is 6.96. The maximum absolute atomic E-state index is 12.0. The Hall–Kier alpha value is -2.35. The fourth-order valence-electron chi connectivity index (χ4n) is 2.95. The van der Waals surface area contributed by atoms with Crippen molar-refractivity contribution in [3.63, 3.8) is 0 Å². The van der Waals surface area contributed by atoms with Gasteiger partial charge in [0.1, 0.15) is 11.7 Å². The highest BCUT2D eigenvalue weighted by Gasteiger charge is 2.40. The summed E-state index contributed by atoms with van der Waals surface area (Å²) in [5, 5.41) is 3.81. The third-order valence-electron chi connectivity index (χ3n) is 4.21. The van der Waals surface area contributed by atoms with E-state index >= 15 is 0 Å². The van der Waals surface area contributed by atoms with Crippen molar-refractivity contribution in [1.82, 2.24) is 10.0 Å². The molecule has 2 aromatic rings. The Morgan fingerprint density at radius 3 is 2.04 bits per heavy atom. The highest BCUT2D eigenvalue weighted by Crippen LogP contribution is 2.43. The van der Waals surface area contributed by atoms with Crippen LogP contribution in [0.5, 0.6) is 0 Å². The molecule has 1 aliphatic heterocycles. The van der Waals surface area contributed by atoms with Gasteiger partial charge in [0, 0.05) is 19.7 Å². The van der Waals surface area contributed by atoms with Crippen molar-refractivity contribution in [3.8, 4) is 0 Å². The van der Waals surface area contributed by atoms with Crippen LogP contribution in [0.2, 0.25) is 0 Å². The zero-order valence-corrected chi connectivity index (χ0v) is 15.1. The largest absolute Gasteiger partial charge is 0.448 e. The molecule has 0 fully saturated rings. The van der Waals surface area contributed by atoms with Crippen molar-refractivity contribution in [2.75, 3.05) is 21.2 Å². The van der Waals surface area contributed by atoms with E-state index in [0.717, 1.165) is 18.2 Å². The maximum atomic E-state index is 12.0. The minimum Gasteiger partial charge on any atom is -0.362 e. The van der Waals surface area contributed by atoms with Crippen LogP contribution in [0.15, 0.2) is 66.4 Å². The Morgan fingerprint density at radius 1 is 0.920 bits per heavy atom. The van der Waals surface area contributed by atoms with Gasteiger partial charge in [0.15, 0.2) is 5.76 Å². The summed E-state index contributed by atoms with van der Waals surface area (Å²) >= 11 is 0. The van der Waals surface area contributed by atoms with E-state index < -0.39 is 10.4 Å². The van der Waals surface area contributed by atoms with Gasteiger partial charge in [0.05, 0.1) is 7.11 Å². The van der Waals surface area contributed by atoms with E-state index in [0.29, 0.717) is 11.5 Å². The smallest absolute Gasteiger partial charge is 0.362 e. The van der Waals surface area contributed by atoms with Crippen LogP contribution in [0, 0.1) is 0 Å². The van der Waals surface area contributed by atoms with Crippen LogP contribution >= 0.6 is 0 Å². The Kier molecular flexibility index (Phi) is 4.80. The van der Waals surface area contributed by atoms with Crippen LogP contribution in [0.4, 0.5) is 0 Å². The molecule has 7 heteroatoms. The second kappa shape index (κ2) is 6.87.